The van der Waals surface area contributed by atoms with Gasteiger partial charge in [-0.2, -0.15) is 13.2 Å². The Kier molecular flexibility index (Phi) is 3.95. The van der Waals surface area contributed by atoms with Gasteiger partial charge in [-0.05, 0) is 25.7 Å². The van der Waals surface area contributed by atoms with Gasteiger partial charge in [-0.25, -0.2) is 4.79 Å². The molecule has 0 unspecified atom stereocenters. The van der Waals surface area contributed by atoms with Crippen LogP contribution >= 0.6 is 0 Å². The number of carbonyl (C=O) groups is 1. The quantitative estimate of drug-likeness (QED) is 0.837. The van der Waals surface area contributed by atoms with Crippen molar-refractivity contribution in [2.24, 2.45) is 5.92 Å². The van der Waals surface area contributed by atoms with Crippen molar-refractivity contribution in [2.45, 2.75) is 37.4 Å². The van der Waals surface area contributed by atoms with Gasteiger partial charge in [0.05, 0.1) is 12.5 Å². The van der Waals surface area contributed by atoms with Crippen molar-refractivity contribution in [1.29, 1.82) is 5.41 Å². The summed E-state index contributed by atoms with van der Waals surface area (Å²) in [5, 5.41) is 10.3. The highest BCUT2D eigenvalue weighted by molar-refractivity contribution is 6.08. The van der Waals surface area contributed by atoms with Crippen molar-refractivity contribution in [3.63, 3.8) is 0 Å². The minimum atomic E-state index is -4.20. The van der Waals surface area contributed by atoms with Gasteiger partial charge < -0.3 is 9.64 Å². The normalized spacial score (nSPS) is 31.0. The topological polar surface area (TPSA) is 65.4 Å². The molecule has 0 aromatic carbocycles. The highest BCUT2D eigenvalue weighted by Gasteiger charge is 2.54. The summed E-state index contributed by atoms with van der Waals surface area (Å²) in [5.41, 5.74) is -0.905. The fourth-order valence-corrected chi connectivity index (χ4v) is 3.06. The molecule has 1 spiro atoms. The van der Waals surface area contributed by atoms with Crippen LogP contribution in [0.4, 0.5) is 18.0 Å². The number of hydrogen-bond donors (Lipinski definition) is 2. The van der Waals surface area contributed by atoms with Crippen LogP contribution in [0.2, 0.25) is 0 Å². The summed E-state index contributed by atoms with van der Waals surface area (Å²) < 4.78 is 43.1. The maximum Gasteiger partial charge on any atom is 0.391 e. The van der Waals surface area contributed by atoms with Gasteiger partial charge in [-0.3, -0.25) is 10.7 Å². The molecule has 0 aromatic heterocycles. The first-order chi connectivity index (χ1) is 9.31. The summed E-state index contributed by atoms with van der Waals surface area (Å²) in [6.45, 7) is 0.576. The summed E-state index contributed by atoms with van der Waals surface area (Å²) in [6, 6.07) is -0.419. The van der Waals surface area contributed by atoms with E-state index in [1.54, 1.807) is 0 Å². The summed E-state index contributed by atoms with van der Waals surface area (Å²) in [5.74, 6) is -1.32. The maximum atomic E-state index is 12.7. The Labute approximate surface area is 115 Å². The summed E-state index contributed by atoms with van der Waals surface area (Å²) >= 11 is 0. The molecule has 2 N–H and O–H groups in total. The molecular weight excluding hydrogens is 275 g/mol. The first kappa shape index (κ1) is 15.1. The number of nitrogens with zero attached hydrogens (tertiary/aromatic N) is 1. The van der Waals surface area contributed by atoms with Gasteiger partial charge >= 0.3 is 12.2 Å². The second-order valence-corrected chi connectivity index (χ2v) is 5.30. The van der Waals surface area contributed by atoms with Crippen LogP contribution in [-0.2, 0) is 4.74 Å². The monoisotopic (exact) mass is 293 g/mol. The van der Waals surface area contributed by atoms with Crippen LogP contribution in [0.3, 0.4) is 0 Å². The standard InChI is InChI=1S/C12H18F3N3O2/c1-20-7-6-18-10(19)17-9(16)11(18)4-2-8(3-5-11)12(13,14)15/h8H,2-7H2,1H3,(H2,16,17,19). The first-order valence-electron chi connectivity index (χ1n) is 6.54. The van der Waals surface area contributed by atoms with Gasteiger partial charge in [0.15, 0.2) is 0 Å². The predicted molar refractivity (Wildman–Crippen MR) is 65.6 cm³/mol. The van der Waals surface area contributed by atoms with Gasteiger partial charge in [0.1, 0.15) is 11.4 Å². The Hall–Kier alpha value is -1.31. The van der Waals surface area contributed by atoms with Crippen LogP contribution in [0, 0.1) is 11.3 Å². The van der Waals surface area contributed by atoms with Crippen molar-refractivity contribution in [1.82, 2.24) is 10.2 Å². The fourth-order valence-electron chi connectivity index (χ4n) is 3.06. The summed E-state index contributed by atoms with van der Waals surface area (Å²) in [6.07, 6.45) is -3.97. The van der Waals surface area contributed by atoms with Crippen LogP contribution in [0.5, 0.6) is 0 Å². The van der Waals surface area contributed by atoms with Crippen molar-refractivity contribution >= 4 is 11.9 Å². The number of urea groups is 1. The van der Waals surface area contributed by atoms with Crippen LogP contribution in [0.1, 0.15) is 25.7 Å². The molecule has 1 aliphatic carbocycles. The first-order valence-corrected chi connectivity index (χ1v) is 6.54. The molecule has 0 atom stereocenters. The van der Waals surface area contributed by atoms with Gasteiger partial charge in [-0.1, -0.05) is 0 Å². The lowest BCUT2D eigenvalue weighted by atomic mass is 9.75. The van der Waals surface area contributed by atoms with Crippen LogP contribution < -0.4 is 5.32 Å². The minimum Gasteiger partial charge on any atom is -0.383 e. The average molecular weight is 293 g/mol. The largest absolute Gasteiger partial charge is 0.391 e. The molecule has 5 nitrogen and oxygen atoms in total. The Balaban J connectivity index is 2.12. The molecule has 0 bridgehead atoms. The molecule has 1 saturated heterocycles. The number of amidine groups is 1. The van der Waals surface area contributed by atoms with Crippen molar-refractivity contribution in [3.05, 3.63) is 0 Å². The number of carbonyl (C=O) groups excluding carboxylic acids is 1. The number of halogens is 3. The zero-order valence-corrected chi connectivity index (χ0v) is 11.2. The average Bonchev–Trinajstić information content (AvgIpc) is 2.59. The second kappa shape index (κ2) is 5.23. The molecule has 1 aliphatic heterocycles. The lowest BCUT2D eigenvalue weighted by molar-refractivity contribution is -0.185. The molecule has 2 amide bonds. The Morgan fingerprint density at radius 2 is 2.05 bits per heavy atom. The van der Waals surface area contributed by atoms with E-state index >= 15 is 0 Å². The molecule has 0 aromatic rings. The van der Waals surface area contributed by atoms with E-state index in [-0.39, 0.29) is 38.1 Å². The number of amides is 2. The van der Waals surface area contributed by atoms with Crippen molar-refractivity contribution in [2.75, 3.05) is 20.3 Å². The molecular formula is C12H18F3N3O2. The number of rotatable bonds is 3. The van der Waals surface area contributed by atoms with E-state index in [1.165, 1.54) is 12.0 Å². The van der Waals surface area contributed by atoms with E-state index in [9.17, 15) is 18.0 Å². The van der Waals surface area contributed by atoms with E-state index in [2.05, 4.69) is 5.32 Å². The molecule has 20 heavy (non-hydrogen) atoms. The van der Waals surface area contributed by atoms with E-state index in [0.717, 1.165) is 0 Å². The zero-order chi connectivity index (χ0) is 15.0. The van der Waals surface area contributed by atoms with Gasteiger partial charge in [0.2, 0.25) is 0 Å². The summed E-state index contributed by atoms with van der Waals surface area (Å²) in [4.78, 5) is 13.3. The molecule has 2 rings (SSSR count). The van der Waals surface area contributed by atoms with E-state index in [4.69, 9.17) is 10.1 Å². The second-order valence-electron chi connectivity index (χ2n) is 5.30. The molecule has 114 valence electrons. The Morgan fingerprint density at radius 3 is 2.55 bits per heavy atom. The number of alkyl halides is 3. The lowest BCUT2D eigenvalue weighted by Gasteiger charge is -2.42. The predicted octanol–water partition coefficient (Wildman–Crippen LogP) is 2.13. The molecule has 1 saturated carbocycles. The molecule has 8 heteroatoms. The van der Waals surface area contributed by atoms with Crippen molar-refractivity contribution in [3.8, 4) is 0 Å². The maximum absolute atomic E-state index is 12.7. The number of nitrogens with one attached hydrogen (secondary N) is 2. The Bertz CT molecular complexity index is 403. The van der Waals surface area contributed by atoms with E-state index in [1.807, 2.05) is 0 Å². The third-order valence-corrected chi connectivity index (χ3v) is 4.25. The molecule has 1 heterocycles. The Morgan fingerprint density at radius 1 is 1.45 bits per heavy atom. The van der Waals surface area contributed by atoms with Crippen LogP contribution in [0.15, 0.2) is 0 Å². The number of ether oxygens (including phenoxy) is 1. The SMILES string of the molecule is COCCN1C(=O)NC(=N)C12CCC(C(F)(F)F)CC2. The zero-order valence-electron chi connectivity index (χ0n) is 11.2. The van der Waals surface area contributed by atoms with E-state index < -0.39 is 23.7 Å². The lowest BCUT2D eigenvalue weighted by Crippen LogP contribution is -2.53. The van der Waals surface area contributed by atoms with E-state index in [0.29, 0.717) is 6.61 Å². The van der Waals surface area contributed by atoms with Gasteiger partial charge in [0.25, 0.3) is 0 Å². The van der Waals surface area contributed by atoms with Gasteiger partial charge in [0, 0.05) is 13.7 Å². The van der Waals surface area contributed by atoms with Gasteiger partial charge in [-0.15, -0.1) is 0 Å². The molecule has 2 aliphatic rings. The third kappa shape index (κ3) is 2.48. The van der Waals surface area contributed by atoms with Crippen LogP contribution in [0.25, 0.3) is 0 Å². The molecule has 0 radical (unpaired) electrons. The number of methoxy groups -OCH3 is 1. The highest BCUT2D eigenvalue weighted by Crippen LogP contribution is 2.44. The highest BCUT2D eigenvalue weighted by atomic mass is 19.4. The number of hydrogen-bond acceptors (Lipinski definition) is 3. The third-order valence-electron chi connectivity index (χ3n) is 4.25. The van der Waals surface area contributed by atoms with Crippen LogP contribution in [-0.4, -0.2) is 48.7 Å². The molecule has 2 fully saturated rings. The smallest absolute Gasteiger partial charge is 0.383 e. The fraction of sp³-hybridized carbons (Fsp3) is 0.833. The summed E-state index contributed by atoms with van der Waals surface area (Å²) in [7, 11) is 1.49. The minimum absolute atomic E-state index is 0.0132. The van der Waals surface area contributed by atoms with Crippen molar-refractivity contribution < 1.29 is 22.7 Å².